The average molecular weight is 347 g/mol. The summed E-state index contributed by atoms with van der Waals surface area (Å²) in [6.07, 6.45) is -10.1. The lowest BCUT2D eigenvalue weighted by atomic mass is 10.0. The molecule has 0 aromatic heterocycles. The maximum absolute atomic E-state index is 12.5. The molecule has 0 aliphatic carbocycles. The minimum atomic E-state index is -5.08. The largest absolute Gasteiger partial charge is 0.573 e. The van der Waals surface area contributed by atoms with Crippen molar-refractivity contribution in [2.45, 2.75) is 12.7 Å². The number of hydrogen-bond donors (Lipinski definition) is 0. The van der Waals surface area contributed by atoms with E-state index < -0.39 is 24.2 Å². The Morgan fingerprint density at radius 1 is 0.750 bits per heavy atom. The van der Waals surface area contributed by atoms with Gasteiger partial charge in [0.15, 0.2) is 0 Å². The van der Waals surface area contributed by atoms with Crippen molar-refractivity contribution in [3.63, 3.8) is 0 Å². The summed E-state index contributed by atoms with van der Waals surface area (Å²) in [5.41, 5.74) is -0.711. The Bertz CT molecular complexity index is 777. The first kappa shape index (κ1) is 17.5. The fourth-order valence-electron chi connectivity index (χ4n) is 1.93. The van der Waals surface area contributed by atoms with Gasteiger partial charge in [0.25, 0.3) is 0 Å². The van der Waals surface area contributed by atoms with E-state index in [1.165, 1.54) is 12.1 Å². The topological polar surface area (TPSA) is 42.2 Å². The number of halogens is 6. The quantitative estimate of drug-likeness (QED) is 0.732. The molecule has 0 saturated heterocycles. The Labute approximate surface area is 131 Å². The zero-order valence-electron chi connectivity index (χ0n) is 11.6. The van der Waals surface area contributed by atoms with Gasteiger partial charge >= 0.3 is 12.7 Å². The molecule has 0 aliphatic rings. The molecule has 0 atom stereocenters. The summed E-state index contributed by atoms with van der Waals surface area (Å²) in [6, 6.07) is 9.28. The molecule has 9 heteroatoms. The smallest absolute Gasteiger partial charge is 0.405 e. The molecular weight excluding hydrogens is 340 g/mol. The van der Waals surface area contributed by atoms with Crippen molar-refractivity contribution in [1.29, 1.82) is 5.26 Å². The van der Waals surface area contributed by atoms with Crippen LogP contribution in [-0.2, 0) is 0 Å². The first-order valence-electron chi connectivity index (χ1n) is 6.24. The van der Waals surface area contributed by atoms with Gasteiger partial charge in [0.2, 0.25) is 0 Å². The molecule has 0 spiro atoms. The number of rotatable bonds is 3. The lowest BCUT2D eigenvalue weighted by molar-refractivity contribution is -0.276. The number of benzene rings is 2. The molecule has 2 rings (SSSR count). The molecule has 0 saturated carbocycles. The highest BCUT2D eigenvalue weighted by Crippen LogP contribution is 2.40. The Morgan fingerprint density at radius 3 is 1.88 bits per heavy atom. The highest BCUT2D eigenvalue weighted by molar-refractivity contribution is 5.76. The second kappa shape index (κ2) is 6.31. The van der Waals surface area contributed by atoms with Gasteiger partial charge in [-0.25, -0.2) is 0 Å². The maximum atomic E-state index is 12.5. The van der Waals surface area contributed by atoms with Crippen LogP contribution in [0, 0.1) is 11.3 Å². The second-order valence-corrected chi connectivity index (χ2v) is 4.41. The lowest BCUT2D eigenvalue weighted by Crippen LogP contribution is -2.19. The average Bonchev–Trinajstić information content (AvgIpc) is 2.45. The van der Waals surface area contributed by atoms with Crippen LogP contribution in [0.4, 0.5) is 26.3 Å². The molecule has 2 aromatic carbocycles. The van der Waals surface area contributed by atoms with E-state index in [1.807, 2.05) is 0 Å². The predicted molar refractivity (Wildman–Crippen MR) is 70.0 cm³/mol. The molecule has 3 nitrogen and oxygen atoms in total. The summed E-state index contributed by atoms with van der Waals surface area (Å²) in [5, 5.41) is 8.77. The van der Waals surface area contributed by atoms with Crippen LogP contribution in [0.2, 0.25) is 0 Å². The number of hydrogen-bond acceptors (Lipinski definition) is 3. The Kier molecular flexibility index (Phi) is 4.59. The van der Waals surface area contributed by atoms with Crippen molar-refractivity contribution in [3.05, 3.63) is 48.0 Å². The molecule has 0 amide bonds. The Balaban J connectivity index is 2.59. The van der Waals surface area contributed by atoms with Crippen LogP contribution in [0.3, 0.4) is 0 Å². The van der Waals surface area contributed by atoms with Gasteiger partial charge < -0.3 is 9.47 Å². The van der Waals surface area contributed by atoms with E-state index in [0.717, 1.165) is 30.3 Å². The van der Waals surface area contributed by atoms with Gasteiger partial charge in [0.05, 0.1) is 11.6 Å². The van der Waals surface area contributed by atoms with Crippen molar-refractivity contribution in [2.75, 3.05) is 0 Å². The molecule has 0 radical (unpaired) electrons. The summed E-state index contributed by atoms with van der Waals surface area (Å²) >= 11 is 0. The maximum Gasteiger partial charge on any atom is 0.573 e. The summed E-state index contributed by atoms with van der Waals surface area (Å²) in [7, 11) is 0. The van der Waals surface area contributed by atoms with E-state index in [9.17, 15) is 26.3 Å². The van der Waals surface area contributed by atoms with Gasteiger partial charge in [-0.3, -0.25) is 0 Å². The van der Waals surface area contributed by atoms with Crippen molar-refractivity contribution < 1.29 is 35.8 Å². The molecule has 126 valence electrons. The van der Waals surface area contributed by atoms with Gasteiger partial charge in [-0.1, -0.05) is 18.2 Å². The van der Waals surface area contributed by atoms with Crippen molar-refractivity contribution in [2.24, 2.45) is 0 Å². The fourth-order valence-corrected chi connectivity index (χ4v) is 1.93. The van der Waals surface area contributed by atoms with Gasteiger partial charge in [-0.2, -0.15) is 5.26 Å². The van der Waals surface area contributed by atoms with Crippen LogP contribution in [0.15, 0.2) is 42.5 Å². The van der Waals surface area contributed by atoms with Crippen LogP contribution in [-0.4, -0.2) is 12.7 Å². The first-order chi connectivity index (χ1) is 11.1. The zero-order chi connectivity index (χ0) is 18.0. The third kappa shape index (κ3) is 4.55. The Morgan fingerprint density at radius 2 is 1.29 bits per heavy atom. The highest BCUT2D eigenvalue weighted by atomic mass is 19.4. The van der Waals surface area contributed by atoms with E-state index in [2.05, 4.69) is 9.47 Å². The molecular formula is C15H7F6NO2. The predicted octanol–water partition coefficient (Wildman–Crippen LogP) is 5.02. The molecule has 0 heterocycles. The minimum absolute atomic E-state index is 0.146. The van der Waals surface area contributed by atoms with Crippen molar-refractivity contribution in [1.82, 2.24) is 0 Å². The van der Waals surface area contributed by atoms with Crippen LogP contribution >= 0.6 is 0 Å². The number of ether oxygens (including phenoxy) is 2. The van der Waals surface area contributed by atoms with Gasteiger partial charge in [0, 0.05) is 11.1 Å². The molecule has 0 unspecified atom stereocenters. The second-order valence-electron chi connectivity index (χ2n) is 4.41. The van der Waals surface area contributed by atoms with E-state index >= 15 is 0 Å². The number of alkyl halides is 6. The minimum Gasteiger partial charge on any atom is -0.405 e. The SMILES string of the molecule is N#Cc1ccc(-c2ccccc2OC(F)(F)F)c(OC(F)(F)F)c1. The van der Waals surface area contributed by atoms with E-state index in [1.54, 1.807) is 6.07 Å². The summed E-state index contributed by atoms with van der Waals surface area (Å²) < 4.78 is 82.6. The van der Waals surface area contributed by atoms with E-state index in [-0.39, 0.29) is 16.7 Å². The standard InChI is InChI=1S/C15H7F6NO2/c16-14(17,18)23-12-4-2-1-3-10(12)11-6-5-9(8-22)7-13(11)24-15(19,20)21/h1-7H. The van der Waals surface area contributed by atoms with Crippen LogP contribution in [0.5, 0.6) is 11.5 Å². The fraction of sp³-hybridized carbons (Fsp3) is 0.133. The Hall–Kier alpha value is -2.89. The summed E-state index contributed by atoms with van der Waals surface area (Å²) in [5.74, 6) is -1.50. The van der Waals surface area contributed by atoms with Crippen LogP contribution in [0.1, 0.15) is 5.56 Å². The molecule has 0 aliphatic heterocycles. The molecule has 0 bridgehead atoms. The summed E-state index contributed by atoms with van der Waals surface area (Å²) in [6.45, 7) is 0. The summed E-state index contributed by atoms with van der Waals surface area (Å²) in [4.78, 5) is 0. The third-order valence-corrected chi connectivity index (χ3v) is 2.74. The molecule has 2 aromatic rings. The van der Waals surface area contributed by atoms with Crippen LogP contribution in [0.25, 0.3) is 11.1 Å². The number of nitriles is 1. The van der Waals surface area contributed by atoms with E-state index in [4.69, 9.17) is 5.26 Å². The monoisotopic (exact) mass is 347 g/mol. The lowest BCUT2D eigenvalue weighted by Gasteiger charge is -2.17. The van der Waals surface area contributed by atoms with Crippen molar-refractivity contribution >= 4 is 0 Å². The van der Waals surface area contributed by atoms with Crippen LogP contribution < -0.4 is 9.47 Å². The molecule has 0 N–H and O–H groups in total. The van der Waals surface area contributed by atoms with Gasteiger partial charge in [0.1, 0.15) is 11.5 Å². The first-order valence-corrected chi connectivity index (χ1v) is 6.24. The highest BCUT2D eigenvalue weighted by Gasteiger charge is 2.34. The molecule has 0 fully saturated rings. The molecule has 24 heavy (non-hydrogen) atoms. The number of para-hydroxylation sites is 1. The third-order valence-electron chi connectivity index (χ3n) is 2.74. The van der Waals surface area contributed by atoms with E-state index in [0.29, 0.717) is 0 Å². The van der Waals surface area contributed by atoms with Gasteiger partial charge in [-0.15, -0.1) is 26.3 Å². The normalized spacial score (nSPS) is 11.7. The number of nitrogens with zero attached hydrogens (tertiary/aromatic N) is 1. The van der Waals surface area contributed by atoms with Gasteiger partial charge in [-0.05, 0) is 24.3 Å². The zero-order valence-corrected chi connectivity index (χ0v) is 11.6. The van der Waals surface area contributed by atoms with Crippen molar-refractivity contribution in [3.8, 4) is 28.7 Å².